The van der Waals surface area contributed by atoms with E-state index < -0.39 is 63.5 Å². The van der Waals surface area contributed by atoms with Crippen molar-refractivity contribution < 1.29 is 34.8 Å². The van der Waals surface area contributed by atoms with Crippen LogP contribution in [0, 0.1) is 11.8 Å². The smallest absolute Gasteiger partial charge is 0.255 e. The molecule has 0 unspecified atom stereocenters. The molecule has 1 saturated carbocycles. The number of aliphatic hydroxyl groups is 3. The van der Waals surface area contributed by atoms with Gasteiger partial charge in [0, 0.05) is 29.4 Å². The minimum Gasteiger partial charge on any atom is -0.508 e. The lowest BCUT2D eigenvalue weighted by Gasteiger charge is -2.50. The van der Waals surface area contributed by atoms with Crippen LogP contribution < -0.4 is 5.73 Å². The van der Waals surface area contributed by atoms with Crippen molar-refractivity contribution in [2.45, 2.75) is 69.9 Å². The van der Waals surface area contributed by atoms with Crippen molar-refractivity contribution in [3.8, 4) is 5.75 Å². The zero-order valence-electron chi connectivity index (χ0n) is 25.1. The van der Waals surface area contributed by atoms with Crippen LogP contribution >= 0.6 is 0 Å². The number of phenols is 1. The number of amides is 1. The topological polar surface area (TPSA) is 174 Å². The third kappa shape index (κ3) is 4.73. The highest BCUT2D eigenvalue weighted by Gasteiger charge is 2.64. The van der Waals surface area contributed by atoms with E-state index in [-0.39, 0.29) is 29.7 Å². The molecule has 0 spiro atoms. The van der Waals surface area contributed by atoms with Gasteiger partial charge in [0.2, 0.25) is 5.78 Å². The Morgan fingerprint density at radius 3 is 2.44 bits per heavy atom. The van der Waals surface area contributed by atoms with Crippen molar-refractivity contribution >= 4 is 23.2 Å². The number of hydrogen-bond donors (Lipinski definition) is 5. The quantitative estimate of drug-likeness (QED) is 0.317. The van der Waals surface area contributed by atoms with Crippen molar-refractivity contribution in [3.63, 3.8) is 0 Å². The second-order valence-electron chi connectivity index (χ2n) is 13.2. The second kappa shape index (κ2) is 10.6. The molecule has 5 rings (SSSR count). The Bertz CT molecular complexity index is 1590. The number of hydrogen-bond acceptors (Lipinski definition) is 9. The summed E-state index contributed by atoms with van der Waals surface area (Å²) in [5, 5.41) is 46.2. The first-order chi connectivity index (χ1) is 20.1. The summed E-state index contributed by atoms with van der Waals surface area (Å²) in [6.07, 6.45) is 6.07. The van der Waals surface area contributed by atoms with E-state index in [0.717, 1.165) is 24.0 Å². The van der Waals surface area contributed by atoms with Gasteiger partial charge in [-0.1, -0.05) is 32.9 Å². The molecule has 1 fully saturated rings. The predicted molar refractivity (Wildman–Crippen MR) is 159 cm³/mol. The molecule has 3 aliphatic rings. The van der Waals surface area contributed by atoms with Crippen molar-refractivity contribution in [1.82, 2.24) is 9.88 Å². The number of aromatic hydroxyl groups is 1. The fourth-order valence-electron chi connectivity index (χ4n) is 7.21. The van der Waals surface area contributed by atoms with Gasteiger partial charge >= 0.3 is 0 Å². The first kappa shape index (κ1) is 30.4. The number of benzene rings is 1. The SMILES string of the molecule is CN(C)[C@@H]1C(=O)C(C(N)=O)=C(O)[C@@]2(O)C(=O)C3=C(O)c4c(O)c(C(C)(C)C)cc(CCCc5cccnc5)c4C[C@H]3C[C@@H]12. The lowest BCUT2D eigenvalue weighted by molar-refractivity contribution is -0.153. The summed E-state index contributed by atoms with van der Waals surface area (Å²) in [6, 6.07) is 4.75. The first-order valence-electron chi connectivity index (χ1n) is 14.5. The summed E-state index contributed by atoms with van der Waals surface area (Å²) in [5.74, 6) is -6.46. The van der Waals surface area contributed by atoms with Crippen LogP contribution in [0.25, 0.3) is 5.76 Å². The standard InChI is InChI=1S/C33H39N3O7/c1-32(2,3)21-13-17(10-6-8-16-9-7-11-35-15-16)19-12-18-14-20-25(36(4)5)28(39)24(31(34)42)30(41)33(20,43)29(40)22(18)27(38)23(19)26(21)37/h7,9,11,13,15,18,20,25,37-38,41,43H,6,8,10,12,14H2,1-5H3,(H2,34,42)/t18-,20-,25-,33-/m0/s1. The highest BCUT2D eigenvalue weighted by atomic mass is 16.3. The van der Waals surface area contributed by atoms with Crippen LogP contribution in [0.15, 0.2) is 47.5 Å². The number of fused-ring (bicyclic) bond motifs is 3. The Morgan fingerprint density at radius 1 is 1.16 bits per heavy atom. The monoisotopic (exact) mass is 589 g/mol. The molecule has 10 nitrogen and oxygen atoms in total. The number of nitrogens with two attached hydrogens (primary N) is 1. The van der Waals surface area contributed by atoms with E-state index in [1.54, 1.807) is 20.3 Å². The number of pyridine rings is 1. The molecule has 0 saturated heterocycles. The van der Waals surface area contributed by atoms with E-state index in [1.807, 2.05) is 45.2 Å². The summed E-state index contributed by atoms with van der Waals surface area (Å²) < 4.78 is 0. The van der Waals surface area contributed by atoms with E-state index >= 15 is 0 Å². The zero-order chi connectivity index (χ0) is 31.6. The number of Topliss-reactive ketones (excluding diaryl/α,β-unsaturated/α-hetero) is 2. The van der Waals surface area contributed by atoms with E-state index in [9.17, 15) is 34.8 Å². The summed E-state index contributed by atoms with van der Waals surface area (Å²) in [5.41, 5.74) is 4.76. The normalized spacial score (nSPS) is 25.5. The molecular weight excluding hydrogens is 550 g/mol. The fourth-order valence-corrected chi connectivity index (χ4v) is 7.21. The molecule has 1 heterocycles. The van der Waals surface area contributed by atoms with Crippen LogP contribution in [0.1, 0.15) is 61.4 Å². The van der Waals surface area contributed by atoms with Gasteiger partial charge in [0.15, 0.2) is 11.4 Å². The molecular formula is C33H39N3O7. The first-order valence-corrected chi connectivity index (χ1v) is 14.5. The molecule has 228 valence electrons. The molecule has 10 heteroatoms. The van der Waals surface area contributed by atoms with Crippen LogP contribution in [0.3, 0.4) is 0 Å². The van der Waals surface area contributed by atoms with Crippen LogP contribution in [0.5, 0.6) is 5.75 Å². The van der Waals surface area contributed by atoms with Gasteiger partial charge in [0.05, 0.1) is 11.6 Å². The molecule has 0 aliphatic heterocycles. The van der Waals surface area contributed by atoms with Gasteiger partial charge in [-0.25, -0.2) is 0 Å². The van der Waals surface area contributed by atoms with E-state index in [0.29, 0.717) is 17.5 Å². The number of phenolic OH excluding ortho intramolecular Hbond substituents is 1. The molecule has 0 bridgehead atoms. The van der Waals surface area contributed by atoms with Crippen molar-refractivity contribution in [1.29, 1.82) is 0 Å². The number of primary amides is 1. The molecule has 1 amide bonds. The number of aryl methyl sites for hydroxylation is 2. The molecule has 6 N–H and O–H groups in total. The largest absolute Gasteiger partial charge is 0.508 e. The summed E-state index contributed by atoms with van der Waals surface area (Å²) in [6.45, 7) is 5.83. The minimum atomic E-state index is -2.66. The number of likely N-dealkylation sites (N-methyl/N-ethyl adjacent to an activating group) is 1. The van der Waals surface area contributed by atoms with Crippen molar-refractivity contribution in [2.24, 2.45) is 17.6 Å². The molecule has 2 aromatic rings. The van der Waals surface area contributed by atoms with Crippen molar-refractivity contribution in [3.05, 3.63) is 75.3 Å². The van der Waals surface area contributed by atoms with E-state index in [4.69, 9.17) is 5.73 Å². The average Bonchev–Trinajstić information content (AvgIpc) is 2.91. The van der Waals surface area contributed by atoms with Crippen LogP contribution in [-0.4, -0.2) is 73.5 Å². The third-order valence-corrected chi connectivity index (χ3v) is 9.26. The summed E-state index contributed by atoms with van der Waals surface area (Å²) in [4.78, 5) is 45.4. The highest BCUT2D eigenvalue weighted by molar-refractivity contribution is 6.24. The Balaban J connectivity index is 1.67. The number of ketones is 2. The Morgan fingerprint density at radius 2 is 1.86 bits per heavy atom. The lowest BCUT2D eigenvalue weighted by atomic mass is 9.57. The van der Waals surface area contributed by atoms with Gasteiger partial charge in [-0.3, -0.25) is 24.3 Å². The molecule has 3 aliphatic carbocycles. The number of nitrogens with zero attached hydrogens (tertiary/aromatic N) is 2. The number of rotatable bonds is 6. The minimum absolute atomic E-state index is 0.0582. The molecule has 1 aromatic heterocycles. The van der Waals surface area contributed by atoms with Crippen LogP contribution in [0.4, 0.5) is 0 Å². The maximum absolute atomic E-state index is 14.2. The fraction of sp³-hybridized carbons (Fsp3) is 0.455. The van der Waals surface area contributed by atoms with Gasteiger partial charge in [-0.05, 0) is 80.3 Å². The maximum atomic E-state index is 14.2. The van der Waals surface area contributed by atoms with E-state index in [2.05, 4.69) is 4.98 Å². The molecule has 0 radical (unpaired) electrons. The molecule has 4 atom stereocenters. The van der Waals surface area contributed by atoms with Crippen molar-refractivity contribution in [2.75, 3.05) is 14.1 Å². The Kier molecular flexibility index (Phi) is 7.51. The van der Waals surface area contributed by atoms with E-state index in [1.165, 1.54) is 4.90 Å². The average molecular weight is 590 g/mol. The zero-order valence-corrected chi connectivity index (χ0v) is 25.1. The van der Waals surface area contributed by atoms with Gasteiger partial charge in [-0.2, -0.15) is 0 Å². The van der Waals surface area contributed by atoms with Gasteiger partial charge in [0.1, 0.15) is 22.8 Å². The van der Waals surface area contributed by atoms with Crippen LogP contribution in [0.2, 0.25) is 0 Å². The Labute approximate surface area is 250 Å². The number of aliphatic hydroxyl groups excluding tert-OH is 2. The summed E-state index contributed by atoms with van der Waals surface area (Å²) in [7, 11) is 3.17. The van der Waals surface area contributed by atoms with Gasteiger partial charge in [0.25, 0.3) is 5.91 Å². The lowest BCUT2D eigenvalue weighted by Crippen LogP contribution is -2.65. The van der Waals surface area contributed by atoms with Crippen LogP contribution in [-0.2, 0) is 39.1 Å². The number of carbonyl (C=O) groups excluding carboxylic acids is 3. The molecule has 1 aromatic carbocycles. The molecule has 43 heavy (non-hydrogen) atoms. The van der Waals surface area contributed by atoms with Gasteiger partial charge < -0.3 is 26.2 Å². The Hall–Kier alpha value is -4.02. The highest BCUT2D eigenvalue weighted by Crippen LogP contribution is 2.54. The summed E-state index contributed by atoms with van der Waals surface area (Å²) >= 11 is 0. The number of carbonyl (C=O) groups is 3. The van der Waals surface area contributed by atoms with Gasteiger partial charge in [-0.15, -0.1) is 0 Å². The second-order valence-corrected chi connectivity index (χ2v) is 13.2. The predicted octanol–water partition coefficient (Wildman–Crippen LogP) is 2.83. The maximum Gasteiger partial charge on any atom is 0.255 e. The number of aromatic nitrogens is 1. The third-order valence-electron chi connectivity index (χ3n) is 9.26.